The summed E-state index contributed by atoms with van der Waals surface area (Å²) in [5.41, 5.74) is 1.61. The van der Waals surface area contributed by atoms with Crippen molar-refractivity contribution < 1.29 is 14.7 Å². The van der Waals surface area contributed by atoms with E-state index in [-0.39, 0.29) is 57.7 Å². The number of ketones is 1. The molecule has 6 nitrogen and oxygen atoms in total. The number of anilines is 1. The molecule has 6 rings (SSSR count). The second-order valence-corrected chi connectivity index (χ2v) is 16.9. The average Bonchev–Trinajstić information content (AvgIpc) is 3.42. The fourth-order valence-electron chi connectivity index (χ4n) is 11.4. The molecule has 0 aliphatic heterocycles. The second kappa shape index (κ2) is 8.95. The first-order valence-electron chi connectivity index (χ1n) is 15.7. The number of amides is 1. The van der Waals surface area contributed by atoms with Crippen molar-refractivity contribution in [3.8, 4) is 0 Å². The smallest absolute Gasteiger partial charge is 0.237 e. The number of nitrogens with zero attached hydrogens (tertiary/aromatic N) is 2. The Labute approximate surface area is 244 Å². The van der Waals surface area contributed by atoms with Crippen LogP contribution in [0.1, 0.15) is 111 Å². The van der Waals surface area contributed by atoms with E-state index in [4.69, 9.17) is 0 Å². The molecule has 8 atom stereocenters. The SMILES string of the molecule is Cc1nnc(NC(=O)[C@@]23CC[C@]4(C)C(CCC5[C@@]6(C)CC[C@H](O)C(C)(C)C6CC[C@]54C)C2=C(C(C)C)C(=O)C3)s1. The van der Waals surface area contributed by atoms with E-state index in [0.29, 0.717) is 23.4 Å². The maximum Gasteiger partial charge on any atom is 0.237 e. The normalized spacial score (nSPS) is 44.1. The molecule has 3 unspecified atom stereocenters. The van der Waals surface area contributed by atoms with Gasteiger partial charge in [-0.2, -0.15) is 0 Å². The van der Waals surface area contributed by atoms with Crippen molar-refractivity contribution in [2.24, 2.45) is 50.7 Å². The molecule has 40 heavy (non-hydrogen) atoms. The molecule has 0 spiro atoms. The van der Waals surface area contributed by atoms with Crippen LogP contribution in [0.2, 0.25) is 0 Å². The van der Waals surface area contributed by atoms with Crippen LogP contribution in [0.3, 0.4) is 0 Å². The predicted octanol–water partition coefficient (Wildman–Crippen LogP) is 7.13. The number of rotatable bonds is 3. The molecule has 220 valence electrons. The lowest BCUT2D eigenvalue weighted by molar-refractivity contribution is -0.228. The fraction of sp³-hybridized carbons (Fsp3) is 0.818. The van der Waals surface area contributed by atoms with Crippen molar-refractivity contribution in [1.29, 1.82) is 0 Å². The number of carbonyl (C=O) groups excluding carboxylic acids is 2. The van der Waals surface area contributed by atoms with Gasteiger partial charge in [0, 0.05) is 6.42 Å². The third-order valence-corrected chi connectivity index (χ3v) is 14.3. The first-order chi connectivity index (χ1) is 18.6. The number of nitrogens with one attached hydrogen (secondary N) is 1. The number of aromatic nitrogens is 2. The van der Waals surface area contributed by atoms with Crippen LogP contribution in [0.5, 0.6) is 0 Å². The molecule has 1 heterocycles. The van der Waals surface area contributed by atoms with Crippen molar-refractivity contribution in [2.45, 2.75) is 119 Å². The summed E-state index contributed by atoms with van der Waals surface area (Å²) in [7, 11) is 0. The van der Waals surface area contributed by atoms with Crippen LogP contribution in [-0.2, 0) is 9.59 Å². The molecule has 7 heteroatoms. The monoisotopic (exact) mass is 567 g/mol. The van der Waals surface area contributed by atoms with E-state index < -0.39 is 5.41 Å². The minimum Gasteiger partial charge on any atom is -0.393 e. The highest BCUT2D eigenvalue weighted by Gasteiger charge is 2.70. The fourth-order valence-corrected chi connectivity index (χ4v) is 12.0. The lowest BCUT2D eigenvalue weighted by Gasteiger charge is -2.72. The largest absolute Gasteiger partial charge is 0.393 e. The van der Waals surface area contributed by atoms with E-state index in [1.807, 2.05) is 6.92 Å². The third-order valence-electron chi connectivity index (χ3n) is 13.6. The minimum absolute atomic E-state index is 0.0211. The molecular formula is C33H49N3O3S. The standard InChI is InChI=1S/C33H49N3O3S/c1-18(2)25-21(37)17-33(27(39)34-28-36-35-19(3)40-28)16-15-31(7)20(26(25)33)9-10-23-30(6)13-12-24(38)29(4,5)22(30)11-14-32(23,31)8/h18,20,22-24,38H,9-17H2,1-8H3,(H,34,36,39)/t20?,22?,23?,24-,30-,31+,32+,33+/m0/s1. The van der Waals surface area contributed by atoms with Crippen LogP contribution < -0.4 is 5.32 Å². The van der Waals surface area contributed by atoms with Gasteiger partial charge in [-0.1, -0.05) is 59.8 Å². The highest BCUT2D eigenvalue weighted by Crippen LogP contribution is 2.76. The van der Waals surface area contributed by atoms with Gasteiger partial charge in [-0.15, -0.1) is 10.2 Å². The Morgan fingerprint density at radius 2 is 1.68 bits per heavy atom. The topological polar surface area (TPSA) is 92.2 Å². The summed E-state index contributed by atoms with van der Waals surface area (Å²) in [5.74, 6) is 1.54. The van der Waals surface area contributed by atoms with E-state index >= 15 is 0 Å². The third kappa shape index (κ3) is 3.55. The molecule has 0 aromatic carbocycles. The summed E-state index contributed by atoms with van der Waals surface area (Å²) in [5, 5.41) is 23.7. The minimum atomic E-state index is -0.776. The van der Waals surface area contributed by atoms with Crippen molar-refractivity contribution in [2.75, 3.05) is 5.32 Å². The van der Waals surface area contributed by atoms with Gasteiger partial charge in [0.15, 0.2) is 5.78 Å². The zero-order chi connectivity index (χ0) is 29.0. The van der Waals surface area contributed by atoms with Crippen molar-refractivity contribution in [3.63, 3.8) is 0 Å². The van der Waals surface area contributed by atoms with Gasteiger partial charge in [0.25, 0.3) is 0 Å². The number of allylic oxidation sites excluding steroid dienone is 1. The maximum absolute atomic E-state index is 14.2. The van der Waals surface area contributed by atoms with Crippen molar-refractivity contribution in [1.82, 2.24) is 10.2 Å². The second-order valence-electron chi connectivity index (χ2n) is 15.7. The zero-order valence-corrected chi connectivity index (χ0v) is 26.6. The Kier molecular flexibility index (Phi) is 6.38. The summed E-state index contributed by atoms with van der Waals surface area (Å²) in [6.45, 7) is 18.4. The summed E-state index contributed by atoms with van der Waals surface area (Å²) < 4.78 is 0. The van der Waals surface area contributed by atoms with Gasteiger partial charge in [0.05, 0.1) is 11.5 Å². The number of fused-ring (bicyclic) bond motifs is 7. The first kappa shape index (κ1) is 28.5. The molecule has 0 radical (unpaired) electrons. The molecule has 5 aliphatic rings. The maximum atomic E-state index is 14.2. The number of hydrogen-bond donors (Lipinski definition) is 2. The van der Waals surface area contributed by atoms with Gasteiger partial charge in [0.2, 0.25) is 11.0 Å². The Hall–Kier alpha value is -1.60. The lowest BCUT2D eigenvalue weighted by atomic mass is 9.33. The Bertz CT molecular complexity index is 1280. The summed E-state index contributed by atoms with van der Waals surface area (Å²) in [4.78, 5) is 27.9. The van der Waals surface area contributed by atoms with Crippen LogP contribution in [-0.4, -0.2) is 33.1 Å². The average molecular weight is 568 g/mol. The van der Waals surface area contributed by atoms with Gasteiger partial charge in [-0.3, -0.25) is 14.9 Å². The highest BCUT2D eigenvalue weighted by molar-refractivity contribution is 7.15. The molecule has 4 fully saturated rings. The van der Waals surface area contributed by atoms with E-state index in [1.54, 1.807) is 0 Å². The highest BCUT2D eigenvalue weighted by atomic mass is 32.1. The number of aryl methyl sites for hydroxylation is 1. The number of aliphatic hydroxyl groups excluding tert-OH is 1. The lowest BCUT2D eigenvalue weighted by Crippen LogP contribution is -2.66. The number of aliphatic hydroxyl groups is 1. The zero-order valence-electron chi connectivity index (χ0n) is 25.8. The number of carbonyl (C=O) groups is 2. The van der Waals surface area contributed by atoms with Gasteiger partial charge < -0.3 is 5.11 Å². The molecule has 0 saturated heterocycles. The summed E-state index contributed by atoms with van der Waals surface area (Å²) in [6.07, 6.45) is 8.19. The number of Topliss-reactive ketones (excluding diaryl/α,β-unsaturated/α-hetero) is 1. The molecule has 5 aliphatic carbocycles. The molecular weight excluding hydrogens is 518 g/mol. The number of hydrogen-bond acceptors (Lipinski definition) is 6. The quantitative estimate of drug-likeness (QED) is 0.405. The van der Waals surface area contributed by atoms with Crippen molar-refractivity contribution in [3.05, 3.63) is 16.2 Å². The van der Waals surface area contributed by atoms with Crippen LogP contribution >= 0.6 is 11.3 Å². The van der Waals surface area contributed by atoms with Gasteiger partial charge >= 0.3 is 0 Å². The molecule has 1 amide bonds. The van der Waals surface area contributed by atoms with Crippen LogP contribution in [0, 0.1) is 57.7 Å². The molecule has 4 saturated carbocycles. The van der Waals surface area contributed by atoms with Crippen LogP contribution in [0.25, 0.3) is 0 Å². The van der Waals surface area contributed by atoms with Gasteiger partial charge in [-0.05, 0) is 115 Å². The summed E-state index contributed by atoms with van der Waals surface area (Å²) >= 11 is 1.39. The molecule has 1 aromatic rings. The van der Waals surface area contributed by atoms with E-state index in [0.717, 1.165) is 55.5 Å². The first-order valence-corrected chi connectivity index (χ1v) is 16.5. The predicted molar refractivity (Wildman–Crippen MR) is 159 cm³/mol. The summed E-state index contributed by atoms with van der Waals surface area (Å²) in [6, 6.07) is 0. The van der Waals surface area contributed by atoms with Crippen molar-refractivity contribution >= 4 is 28.2 Å². The molecule has 0 bridgehead atoms. The van der Waals surface area contributed by atoms with Gasteiger partial charge in [-0.25, -0.2) is 0 Å². The molecule has 2 N–H and O–H groups in total. The Morgan fingerprint density at radius 3 is 2.33 bits per heavy atom. The molecule has 1 aromatic heterocycles. The van der Waals surface area contributed by atoms with E-state index in [9.17, 15) is 14.7 Å². The van der Waals surface area contributed by atoms with Crippen LogP contribution in [0.4, 0.5) is 5.13 Å². The Balaban J connectivity index is 1.42. The van der Waals surface area contributed by atoms with E-state index in [2.05, 4.69) is 64.0 Å². The Morgan fingerprint density at radius 1 is 0.950 bits per heavy atom. The van der Waals surface area contributed by atoms with Gasteiger partial charge in [0.1, 0.15) is 5.01 Å². The van der Waals surface area contributed by atoms with Crippen LogP contribution in [0.15, 0.2) is 11.1 Å². The van der Waals surface area contributed by atoms with E-state index in [1.165, 1.54) is 16.9 Å².